The summed E-state index contributed by atoms with van der Waals surface area (Å²) in [5, 5.41) is 5.88. The number of carbonyl (C=O) groups excluding carboxylic acids is 2. The van der Waals surface area contributed by atoms with E-state index < -0.39 is 6.04 Å². The zero-order chi connectivity index (χ0) is 17.4. The molecule has 1 saturated heterocycles. The molecule has 1 aromatic rings. The van der Waals surface area contributed by atoms with E-state index in [1.165, 1.54) is 0 Å². The van der Waals surface area contributed by atoms with E-state index in [9.17, 15) is 9.59 Å². The Morgan fingerprint density at radius 3 is 2.71 bits per heavy atom. The molecule has 1 unspecified atom stereocenters. The van der Waals surface area contributed by atoms with Crippen molar-refractivity contribution in [1.82, 2.24) is 15.5 Å². The number of hydrogen-bond acceptors (Lipinski definition) is 4. The zero-order valence-electron chi connectivity index (χ0n) is 13.9. The summed E-state index contributed by atoms with van der Waals surface area (Å²) in [6.45, 7) is 6.62. The van der Waals surface area contributed by atoms with Crippen molar-refractivity contribution in [3.05, 3.63) is 34.9 Å². The molecule has 2 amide bonds. The Bertz CT molecular complexity index is 562. The molecule has 132 valence electrons. The van der Waals surface area contributed by atoms with Crippen LogP contribution in [0.25, 0.3) is 0 Å². The van der Waals surface area contributed by atoms with Crippen LogP contribution in [-0.2, 0) is 9.53 Å². The topological polar surface area (TPSA) is 70.7 Å². The van der Waals surface area contributed by atoms with Gasteiger partial charge in [-0.1, -0.05) is 23.7 Å². The molecule has 0 spiro atoms. The van der Waals surface area contributed by atoms with E-state index in [2.05, 4.69) is 15.5 Å². The summed E-state index contributed by atoms with van der Waals surface area (Å²) >= 11 is 5.98. The SMILES string of the molecule is CC(NC(=O)c1ccccc1Cl)C(=O)NCCCN1CCOCC1. The van der Waals surface area contributed by atoms with Crippen LogP contribution in [0.4, 0.5) is 0 Å². The number of rotatable bonds is 7. The van der Waals surface area contributed by atoms with Crippen LogP contribution in [0, 0.1) is 0 Å². The molecule has 0 radical (unpaired) electrons. The molecule has 2 N–H and O–H groups in total. The second-order valence-corrected chi connectivity index (χ2v) is 6.18. The maximum atomic E-state index is 12.1. The molecule has 1 heterocycles. The lowest BCUT2D eigenvalue weighted by Gasteiger charge is -2.26. The van der Waals surface area contributed by atoms with Gasteiger partial charge in [-0.05, 0) is 32.0 Å². The van der Waals surface area contributed by atoms with E-state index in [0.29, 0.717) is 17.1 Å². The molecular formula is C17H24ClN3O3. The van der Waals surface area contributed by atoms with Gasteiger partial charge in [-0.15, -0.1) is 0 Å². The number of carbonyl (C=O) groups is 2. The first-order chi connectivity index (χ1) is 11.6. The maximum Gasteiger partial charge on any atom is 0.253 e. The van der Waals surface area contributed by atoms with Crippen molar-refractivity contribution in [2.75, 3.05) is 39.4 Å². The van der Waals surface area contributed by atoms with Crippen molar-refractivity contribution in [1.29, 1.82) is 0 Å². The largest absolute Gasteiger partial charge is 0.379 e. The zero-order valence-corrected chi connectivity index (χ0v) is 14.6. The first-order valence-corrected chi connectivity index (χ1v) is 8.59. The number of ether oxygens (including phenoxy) is 1. The quantitative estimate of drug-likeness (QED) is 0.725. The minimum absolute atomic E-state index is 0.197. The van der Waals surface area contributed by atoms with E-state index in [4.69, 9.17) is 16.3 Å². The van der Waals surface area contributed by atoms with Crippen LogP contribution in [0.1, 0.15) is 23.7 Å². The molecule has 0 bridgehead atoms. The number of benzene rings is 1. The molecule has 0 saturated carbocycles. The standard InChI is InChI=1S/C17H24ClN3O3/c1-13(20-17(23)14-5-2-3-6-15(14)18)16(22)19-7-4-8-21-9-11-24-12-10-21/h2-3,5-6,13H,4,7-12H2,1H3,(H,19,22)(H,20,23). The fourth-order valence-electron chi connectivity index (χ4n) is 2.48. The third-order valence-corrected chi connectivity index (χ3v) is 4.24. The maximum absolute atomic E-state index is 12.1. The van der Waals surface area contributed by atoms with Gasteiger partial charge in [0.25, 0.3) is 5.91 Å². The van der Waals surface area contributed by atoms with Gasteiger partial charge in [-0.25, -0.2) is 0 Å². The molecular weight excluding hydrogens is 330 g/mol. The van der Waals surface area contributed by atoms with Gasteiger partial charge >= 0.3 is 0 Å². The van der Waals surface area contributed by atoms with Gasteiger partial charge in [0, 0.05) is 19.6 Å². The lowest BCUT2D eigenvalue weighted by molar-refractivity contribution is -0.122. The first-order valence-electron chi connectivity index (χ1n) is 8.21. The van der Waals surface area contributed by atoms with Crippen LogP contribution in [0.15, 0.2) is 24.3 Å². The Kier molecular flexibility index (Phi) is 7.49. The third-order valence-electron chi connectivity index (χ3n) is 3.91. The summed E-state index contributed by atoms with van der Waals surface area (Å²) in [7, 11) is 0. The molecule has 0 aliphatic carbocycles. The lowest BCUT2D eigenvalue weighted by Crippen LogP contribution is -2.45. The summed E-state index contributed by atoms with van der Waals surface area (Å²) in [6, 6.07) is 6.15. The van der Waals surface area contributed by atoms with Crippen molar-refractivity contribution >= 4 is 23.4 Å². The summed E-state index contributed by atoms with van der Waals surface area (Å²) < 4.78 is 5.30. The molecule has 1 aliphatic rings. The minimum atomic E-state index is -0.614. The number of morpholine rings is 1. The highest BCUT2D eigenvalue weighted by Crippen LogP contribution is 2.14. The van der Waals surface area contributed by atoms with Crippen molar-refractivity contribution in [3.8, 4) is 0 Å². The smallest absolute Gasteiger partial charge is 0.253 e. The van der Waals surface area contributed by atoms with E-state index in [-0.39, 0.29) is 11.8 Å². The summed E-state index contributed by atoms with van der Waals surface area (Å²) in [4.78, 5) is 26.5. The van der Waals surface area contributed by atoms with Gasteiger partial charge in [0.05, 0.1) is 23.8 Å². The van der Waals surface area contributed by atoms with Gasteiger partial charge in [-0.2, -0.15) is 0 Å². The van der Waals surface area contributed by atoms with Crippen molar-refractivity contribution in [2.45, 2.75) is 19.4 Å². The second kappa shape index (κ2) is 9.61. The van der Waals surface area contributed by atoms with Gasteiger partial charge in [0.2, 0.25) is 5.91 Å². The first kappa shape index (κ1) is 18.7. The third kappa shape index (κ3) is 5.78. The fourth-order valence-corrected chi connectivity index (χ4v) is 2.70. The highest BCUT2D eigenvalue weighted by Gasteiger charge is 2.18. The second-order valence-electron chi connectivity index (χ2n) is 5.77. The predicted molar refractivity (Wildman–Crippen MR) is 93.3 cm³/mol. The highest BCUT2D eigenvalue weighted by atomic mass is 35.5. The number of hydrogen-bond donors (Lipinski definition) is 2. The van der Waals surface area contributed by atoms with Crippen LogP contribution in [0.5, 0.6) is 0 Å². The van der Waals surface area contributed by atoms with Gasteiger partial charge < -0.3 is 15.4 Å². The Morgan fingerprint density at radius 1 is 1.29 bits per heavy atom. The summed E-state index contributed by atoms with van der Waals surface area (Å²) in [5.41, 5.74) is 0.367. The van der Waals surface area contributed by atoms with Gasteiger partial charge in [0.1, 0.15) is 6.04 Å². The number of halogens is 1. The van der Waals surface area contributed by atoms with Crippen LogP contribution >= 0.6 is 11.6 Å². The van der Waals surface area contributed by atoms with Crippen LogP contribution in [0.3, 0.4) is 0 Å². The Balaban J connectivity index is 1.68. The average molecular weight is 354 g/mol. The fraction of sp³-hybridized carbons (Fsp3) is 0.529. The number of amides is 2. The predicted octanol–water partition coefficient (Wildman–Crippen LogP) is 1.30. The van der Waals surface area contributed by atoms with E-state index in [0.717, 1.165) is 39.3 Å². The van der Waals surface area contributed by atoms with Crippen LogP contribution < -0.4 is 10.6 Å². The van der Waals surface area contributed by atoms with Crippen molar-refractivity contribution in [3.63, 3.8) is 0 Å². The summed E-state index contributed by atoms with van der Waals surface area (Å²) in [6.07, 6.45) is 0.872. The monoisotopic (exact) mass is 353 g/mol. The molecule has 2 rings (SSSR count). The van der Waals surface area contributed by atoms with Gasteiger partial charge in [0.15, 0.2) is 0 Å². The van der Waals surface area contributed by atoms with Gasteiger partial charge in [-0.3, -0.25) is 14.5 Å². The highest BCUT2D eigenvalue weighted by molar-refractivity contribution is 6.33. The Morgan fingerprint density at radius 2 is 2.00 bits per heavy atom. The molecule has 1 atom stereocenters. The lowest BCUT2D eigenvalue weighted by atomic mass is 10.2. The van der Waals surface area contributed by atoms with Crippen LogP contribution in [-0.4, -0.2) is 62.1 Å². The van der Waals surface area contributed by atoms with E-state index in [1.54, 1.807) is 31.2 Å². The van der Waals surface area contributed by atoms with Crippen LogP contribution in [0.2, 0.25) is 5.02 Å². The molecule has 1 aliphatic heterocycles. The Labute approximate surface area is 147 Å². The number of nitrogens with zero attached hydrogens (tertiary/aromatic N) is 1. The molecule has 7 heteroatoms. The average Bonchev–Trinajstić information content (AvgIpc) is 2.59. The molecule has 0 aromatic heterocycles. The van der Waals surface area contributed by atoms with E-state index >= 15 is 0 Å². The normalized spacial score (nSPS) is 16.4. The molecule has 24 heavy (non-hydrogen) atoms. The van der Waals surface area contributed by atoms with Crippen molar-refractivity contribution < 1.29 is 14.3 Å². The molecule has 1 aromatic carbocycles. The molecule has 6 nitrogen and oxygen atoms in total. The minimum Gasteiger partial charge on any atom is -0.379 e. The molecule has 1 fully saturated rings. The number of nitrogens with one attached hydrogen (secondary N) is 2. The van der Waals surface area contributed by atoms with E-state index in [1.807, 2.05) is 0 Å². The van der Waals surface area contributed by atoms with Crippen molar-refractivity contribution in [2.24, 2.45) is 0 Å². The Hall–Kier alpha value is -1.63. The summed E-state index contributed by atoms with van der Waals surface area (Å²) in [5.74, 6) is -0.547.